The highest BCUT2D eigenvalue weighted by Gasteiger charge is 2.05. The molecule has 4 nitrogen and oxygen atoms in total. The molecule has 2 rings (SSSR count). The number of aromatic carboxylic acids is 1. The van der Waals surface area contributed by atoms with Crippen LogP contribution in [0.3, 0.4) is 0 Å². The van der Waals surface area contributed by atoms with E-state index in [-0.39, 0.29) is 0 Å². The summed E-state index contributed by atoms with van der Waals surface area (Å²) < 4.78 is 0. The first-order valence-electron chi connectivity index (χ1n) is 5.18. The van der Waals surface area contributed by atoms with Gasteiger partial charge in [0.2, 0.25) is 0 Å². The molecule has 0 amide bonds. The first kappa shape index (κ1) is 11.1. The van der Waals surface area contributed by atoms with Gasteiger partial charge in [-0.05, 0) is 42.8 Å². The standard InChI is InChI=1S/C13H12N2O2/c1-9-8-10(13(16)17)2-3-12(9)15-11-4-6-14-7-5-11/h2-8H,1H3,(H,14,15)(H,16,17). The lowest BCUT2D eigenvalue weighted by Gasteiger charge is -2.09. The monoisotopic (exact) mass is 228 g/mol. The molecule has 17 heavy (non-hydrogen) atoms. The first-order chi connectivity index (χ1) is 8.16. The van der Waals surface area contributed by atoms with E-state index in [2.05, 4.69) is 10.3 Å². The van der Waals surface area contributed by atoms with Crippen LogP contribution in [0.4, 0.5) is 11.4 Å². The van der Waals surface area contributed by atoms with Gasteiger partial charge in [0.15, 0.2) is 0 Å². The second-order valence-electron chi connectivity index (χ2n) is 3.70. The van der Waals surface area contributed by atoms with Crippen molar-refractivity contribution in [3.63, 3.8) is 0 Å². The van der Waals surface area contributed by atoms with Crippen LogP contribution in [-0.2, 0) is 0 Å². The second kappa shape index (κ2) is 4.65. The summed E-state index contributed by atoms with van der Waals surface area (Å²) in [4.78, 5) is 14.7. The molecule has 0 bridgehead atoms. The Balaban J connectivity index is 2.26. The lowest BCUT2D eigenvalue weighted by Crippen LogP contribution is -1.99. The van der Waals surface area contributed by atoms with Gasteiger partial charge in [0.05, 0.1) is 5.56 Å². The van der Waals surface area contributed by atoms with Crippen LogP contribution < -0.4 is 5.32 Å². The van der Waals surface area contributed by atoms with E-state index < -0.39 is 5.97 Å². The Morgan fingerprint density at radius 2 is 1.94 bits per heavy atom. The minimum atomic E-state index is -0.913. The summed E-state index contributed by atoms with van der Waals surface area (Å²) in [7, 11) is 0. The normalized spacial score (nSPS) is 9.94. The van der Waals surface area contributed by atoms with Crippen LogP contribution in [0.2, 0.25) is 0 Å². The molecular weight excluding hydrogens is 216 g/mol. The van der Waals surface area contributed by atoms with E-state index in [1.165, 1.54) is 0 Å². The van der Waals surface area contributed by atoms with Crippen molar-refractivity contribution in [1.29, 1.82) is 0 Å². The molecule has 0 unspecified atom stereocenters. The molecule has 2 N–H and O–H groups in total. The molecule has 1 heterocycles. The Bertz CT molecular complexity index is 538. The fraction of sp³-hybridized carbons (Fsp3) is 0.0769. The maximum absolute atomic E-state index is 10.8. The zero-order valence-corrected chi connectivity index (χ0v) is 9.34. The zero-order valence-electron chi connectivity index (χ0n) is 9.34. The van der Waals surface area contributed by atoms with Gasteiger partial charge in [-0.15, -0.1) is 0 Å². The van der Waals surface area contributed by atoms with Crippen molar-refractivity contribution in [2.75, 3.05) is 5.32 Å². The number of hydrogen-bond donors (Lipinski definition) is 2. The van der Waals surface area contributed by atoms with Crippen LogP contribution >= 0.6 is 0 Å². The molecule has 0 radical (unpaired) electrons. The number of benzene rings is 1. The van der Waals surface area contributed by atoms with Crippen LogP contribution in [0.1, 0.15) is 15.9 Å². The number of hydrogen-bond acceptors (Lipinski definition) is 3. The van der Waals surface area contributed by atoms with E-state index >= 15 is 0 Å². The van der Waals surface area contributed by atoms with Gasteiger partial charge in [-0.3, -0.25) is 4.98 Å². The van der Waals surface area contributed by atoms with E-state index in [0.717, 1.165) is 16.9 Å². The molecule has 0 aliphatic rings. The average Bonchev–Trinajstić information content (AvgIpc) is 2.33. The minimum absolute atomic E-state index is 0.294. The van der Waals surface area contributed by atoms with Crippen molar-refractivity contribution < 1.29 is 9.90 Å². The second-order valence-corrected chi connectivity index (χ2v) is 3.70. The Morgan fingerprint density at radius 3 is 2.53 bits per heavy atom. The number of nitrogens with one attached hydrogen (secondary N) is 1. The molecule has 0 atom stereocenters. The first-order valence-corrected chi connectivity index (χ1v) is 5.18. The molecular formula is C13H12N2O2. The third-order valence-corrected chi connectivity index (χ3v) is 2.43. The average molecular weight is 228 g/mol. The van der Waals surface area contributed by atoms with E-state index in [4.69, 9.17) is 5.11 Å². The van der Waals surface area contributed by atoms with Gasteiger partial charge < -0.3 is 10.4 Å². The number of pyridine rings is 1. The smallest absolute Gasteiger partial charge is 0.335 e. The molecule has 0 aliphatic heterocycles. The number of aromatic nitrogens is 1. The van der Waals surface area contributed by atoms with Gasteiger partial charge >= 0.3 is 5.97 Å². The topological polar surface area (TPSA) is 62.2 Å². The van der Waals surface area contributed by atoms with E-state index in [9.17, 15) is 4.79 Å². The SMILES string of the molecule is Cc1cc(C(=O)O)ccc1Nc1ccncc1. The van der Waals surface area contributed by atoms with E-state index in [0.29, 0.717) is 5.56 Å². The van der Waals surface area contributed by atoms with Crippen molar-refractivity contribution in [2.45, 2.75) is 6.92 Å². The van der Waals surface area contributed by atoms with Gasteiger partial charge in [0, 0.05) is 23.8 Å². The number of carboxylic acid groups (broad SMARTS) is 1. The van der Waals surface area contributed by atoms with Crippen molar-refractivity contribution >= 4 is 17.3 Å². The third-order valence-electron chi connectivity index (χ3n) is 2.43. The van der Waals surface area contributed by atoms with Gasteiger partial charge in [-0.2, -0.15) is 0 Å². The van der Waals surface area contributed by atoms with Crippen molar-refractivity contribution in [1.82, 2.24) is 4.98 Å². The zero-order chi connectivity index (χ0) is 12.3. The molecule has 1 aromatic carbocycles. The Kier molecular flexibility index (Phi) is 3.05. The number of carboxylic acids is 1. The van der Waals surface area contributed by atoms with E-state index in [1.54, 1.807) is 30.6 Å². The number of rotatable bonds is 3. The Morgan fingerprint density at radius 1 is 1.24 bits per heavy atom. The maximum Gasteiger partial charge on any atom is 0.335 e. The van der Waals surface area contributed by atoms with Crippen LogP contribution in [-0.4, -0.2) is 16.1 Å². The van der Waals surface area contributed by atoms with Crippen LogP contribution in [0.25, 0.3) is 0 Å². The van der Waals surface area contributed by atoms with Crippen LogP contribution in [0.5, 0.6) is 0 Å². The summed E-state index contributed by atoms with van der Waals surface area (Å²) in [6.45, 7) is 1.87. The highest BCUT2D eigenvalue weighted by molar-refractivity contribution is 5.88. The lowest BCUT2D eigenvalue weighted by atomic mass is 10.1. The molecule has 0 fully saturated rings. The Hall–Kier alpha value is -2.36. The number of anilines is 2. The molecule has 0 saturated carbocycles. The third kappa shape index (κ3) is 2.60. The quantitative estimate of drug-likeness (QED) is 0.847. The summed E-state index contributed by atoms with van der Waals surface area (Å²) >= 11 is 0. The molecule has 1 aromatic heterocycles. The summed E-state index contributed by atoms with van der Waals surface area (Å²) in [6, 6.07) is 8.69. The molecule has 2 aromatic rings. The molecule has 0 saturated heterocycles. The van der Waals surface area contributed by atoms with E-state index in [1.807, 2.05) is 19.1 Å². The summed E-state index contributed by atoms with van der Waals surface area (Å²) in [5.74, 6) is -0.913. The van der Waals surface area contributed by atoms with Crippen LogP contribution in [0, 0.1) is 6.92 Å². The fourth-order valence-electron chi connectivity index (χ4n) is 1.53. The molecule has 0 aliphatic carbocycles. The largest absolute Gasteiger partial charge is 0.478 e. The number of nitrogens with zero attached hydrogens (tertiary/aromatic N) is 1. The van der Waals surface area contributed by atoms with Gasteiger partial charge in [0.1, 0.15) is 0 Å². The van der Waals surface area contributed by atoms with Gasteiger partial charge in [0.25, 0.3) is 0 Å². The predicted molar refractivity (Wildman–Crippen MR) is 65.7 cm³/mol. The molecule has 4 heteroatoms. The number of carbonyl (C=O) groups is 1. The highest BCUT2D eigenvalue weighted by Crippen LogP contribution is 2.21. The fourth-order valence-corrected chi connectivity index (χ4v) is 1.53. The number of aryl methyl sites for hydroxylation is 1. The predicted octanol–water partition coefficient (Wildman–Crippen LogP) is 2.83. The summed E-state index contributed by atoms with van der Waals surface area (Å²) in [5, 5.41) is 12.1. The lowest BCUT2D eigenvalue weighted by molar-refractivity contribution is 0.0697. The highest BCUT2D eigenvalue weighted by atomic mass is 16.4. The van der Waals surface area contributed by atoms with Crippen molar-refractivity contribution in [3.05, 3.63) is 53.9 Å². The maximum atomic E-state index is 10.8. The Labute approximate surface area is 98.9 Å². The molecule has 0 spiro atoms. The van der Waals surface area contributed by atoms with Gasteiger partial charge in [-0.1, -0.05) is 0 Å². The van der Waals surface area contributed by atoms with Crippen LogP contribution in [0.15, 0.2) is 42.7 Å². The van der Waals surface area contributed by atoms with Crippen molar-refractivity contribution in [3.8, 4) is 0 Å². The molecule has 86 valence electrons. The minimum Gasteiger partial charge on any atom is -0.478 e. The van der Waals surface area contributed by atoms with Gasteiger partial charge in [-0.25, -0.2) is 4.79 Å². The summed E-state index contributed by atoms with van der Waals surface area (Å²) in [6.07, 6.45) is 3.40. The van der Waals surface area contributed by atoms with Crippen molar-refractivity contribution in [2.24, 2.45) is 0 Å². The summed E-state index contributed by atoms with van der Waals surface area (Å²) in [5.41, 5.74) is 3.00.